The summed E-state index contributed by atoms with van der Waals surface area (Å²) in [5.41, 5.74) is 2.31. The SMILES string of the molecule is CCNC(=NCc1ccccc1COC)N1CCCC(C(=O)OCC)C1.I. The molecule has 1 aromatic rings. The van der Waals surface area contributed by atoms with Crippen molar-refractivity contribution < 1.29 is 14.3 Å². The van der Waals surface area contributed by atoms with Gasteiger partial charge in [-0.3, -0.25) is 4.79 Å². The molecule has 0 bridgehead atoms. The number of esters is 1. The Balaban J connectivity index is 0.00000364. The average Bonchev–Trinajstić information content (AvgIpc) is 2.67. The van der Waals surface area contributed by atoms with Crippen molar-refractivity contribution in [3.05, 3.63) is 35.4 Å². The first-order valence-electron chi connectivity index (χ1n) is 9.45. The van der Waals surface area contributed by atoms with Crippen LogP contribution in [0.25, 0.3) is 0 Å². The maximum absolute atomic E-state index is 12.1. The van der Waals surface area contributed by atoms with E-state index in [4.69, 9.17) is 14.5 Å². The number of rotatable bonds is 7. The minimum absolute atomic E-state index is 0. The van der Waals surface area contributed by atoms with Crippen molar-refractivity contribution in [2.45, 2.75) is 39.8 Å². The van der Waals surface area contributed by atoms with Gasteiger partial charge in [0.1, 0.15) is 0 Å². The van der Waals surface area contributed by atoms with Gasteiger partial charge in [0.2, 0.25) is 0 Å². The fourth-order valence-corrected chi connectivity index (χ4v) is 3.22. The van der Waals surface area contributed by atoms with E-state index in [2.05, 4.69) is 29.3 Å². The van der Waals surface area contributed by atoms with Gasteiger partial charge in [0.25, 0.3) is 0 Å². The number of hydrogen-bond donors (Lipinski definition) is 1. The lowest BCUT2D eigenvalue weighted by atomic mass is 9.98. The number of halogens is 1. The summed E-state index contributed by atoms with van der Waals surface area (Å²) in [4.78, 5) is 19.1. The Bertz CT molecular complexity index is 610. The van der Waals surface area contributed by atoms with Gasteiger partial charge >= 0.3 is 5.97 Å². The number of carbonyl (C=O) groups excluding carboxylic acids is 1. The van der Waals surface area contributed by atoms with Crippen molar-refractivity contribution in [1.29, 1.82) is 0 Å². The van der Waals surface area contributed by atoms with Crippen LogP contribution in [-0.2, 0) is 27.4 Å². The van der Waals surface area contributed by atoms with Gasteiger partial charge < -0.3 is 19.7 Å². The first-order chi connectivity index (χ1) is 12.7. The van der Waals surface area contributed by atoms with Crippen LogP contribution in [0.2, 0.25) is 0 Å². The minimum atomic E-state index is -0.0986. The van der Waals surface area contributed by atoms with Crippen LogP contribution in [0.1, 0.15) is 37.8 Å². The van der Waals surface area contributed by atoms with Crippen LogP contribution in [0.15, 0.2) is 29.3 Å². The Morgan fingerprint density at radius 2 is 2.04 bits per heavy atom. The van der Waals surface area contributed by atoms with Gasteiger partial charge in [0.05, 0.1) is 25.7 Å². The molecule has 1 N–H and O–H groups in total. The van der Waals surface area contributed by atoms with E-state index in [-0.39, 0.29) is 35.9 Å². The quantitative estimate of drug-likeness (QED) is 0.276. The van der Waals surface area contributed by atoms with E-state index in [1.165, 1.54) is 0 Å². The Labute approximate surface area is 179 Å². The van der Waals surface area contributed by atoms with Crippen LogP contribution in [0.3, 0.4) is 0 Å². The van der Waals surface area contributed by atoms with E-state index in [0.29, 0.717) is 26.3 Å². The van der Waals surface area contributed by atoms with E-state index in [1.54, 1.807) is 7.11 Å². The average molecular weight is 489 g/mol. The molecule has 2 rings (SSSR count). The number of nitrogens with zero attached hydrogens (tertiary/aromatic N) is 2. The molecule has 152 valence electrons. The van der Waals surface area contributed by atoms with E-state index >= 15 is 0 Å². The number of hydrogen-bond acceptors (Lipinski definition) is 4. The number of methoxy groups -OCH3 is 1. The summed E-state index contributed by atoms with van der Waals surface area (Å²) in [7, 11) is 1.70. The lowest BCUT2D eigenvalue weighted by Gasteiger charge is -2.34. The van der Waals surface area contributed by atoms with Gasteiger partial charge in [-0.25, -0.2) is 4.99 Å². The van der Waals surface area contributed by atoms with Crippen LogP contribution in [0, 0.1) is 5.92 Å². The maximum Gasteiger partial charge on any atom is 0.310 e. The van der Waals surface area contributed by atoms with Crippen molar-refractivity contribution in [3.8, 4) is 0 Å². The zero-order chi connectivity index (χ0) is 18.8. The molecule has 1 unspecified atom stereocenters. The summed E-state index contributed by atoms with van der Waals surface area (Å²) in [5, 5.41) is 3.36. The highest BCUT2D eigenvalue weighted by atomic mass is 127. The minimum Gasteiger partial charge on any atom is -0.466 e. The Hall–Kier alpha value is -1.35. The fourth-order valence-electron chi connectivity index (χ4n) is 3.22. The summed E-state index contributed by atoms with van der Waals surface area (Å²) in [5.74, 6) is 0.681. The molecule has 6 nitrogen and oxygen atoms in total. The van der Waals surface area contributed by atoms with Gasteiger partial charge in [-0.15, -0.1) is 24.0 Å². The normalized spacial score (nSPS) is 17.2. The van der Waals surface area contributed by atoms with Crippen molar-refractivity contribution >= 4 is 35.9 Å². The molecular weight excluding hydrogens is 457 g/mol. The number of aliphatic imine (C=N–C) groups is 1. The Morgan fingerprint density at radius 3 is 2.70 bits per heavy atom. The highest BCUT2D eigenvalue weighted by Gasteiger charge is 2.28. The molecule has 0 aliphatic carbocycles. The van der Waals surface area contributed by atoms with Gasteiger partial charge in [-0.1, -0.05) is 24.3 Å². The first-order valence-corrected chi connectivity index (χ1v) is 9.45. The molecule has 1 saturated heterocycles. The molecule has 1 aromatic carbocycles. The number of guanidine groups is 1. The fraction of sp³-hybridized carbons (Fsp3) is 0.600. The molecule has 0 spiro atoms. The third kappa shape index (κ3) is 7.29. The van der Waals surface area contributed by atoms with Crippen LogP contribution < -0.4 is 5.32 Å². The third-order valence-corrected chi connectivity index (χ3v) is 4.49. The molecule has 1 aliphatic rings. The largest absolute Gasteiger partial charge is 0.466 e. The lowest BCUT2D eigenvalue weighted by Crippen LogP contribution is -2.48. The molecule has 0 radical (unpaired) electrons. The smallest absolute Gasteiger partial charge is 0.310 e. The maximum atomic E-state index is 12.1. The lowest BCUT2D eigenvalue weighted by molar-refractivity contribution is -0.149. The second kappa shape index (κ2) is 12.9. The summed E-state index contributed by atoms with van der Waals surface area (Å²) in [6, 6.07) is 8.19. The highest BCUT2D eigenvalue weighted by molar-refractivity contribution is 14.0. The van der Waals surface area contributed by atoms with E-state index in [1.807, 2.05) is 19.1 Å². The number of piperidine rings is 1. The van der Waals surface area contributed by atoms with Crippen LogP contribution >= 0.6 is 24.0 Å². The number of likely N-dealkylation sites (tertiary alicyclic amines) is 1. The van der Waals surface area contributed by atoms with Crippen molar-refractivity contribution in [1.82, 2.24) is 10.2 Å². The molecular formula is C20H32IN3O3. The van der Waals surface area contributed by atoms with E-state index in [9.17, 15) is 4.79 Å². The van der Waals surface area contributed by atoms with Crippen molar-refractivity contribution in [2.75, 3.05) is 33.4 Å². The van der Waals surface area contributed by atoms with Crippen molar-refractivity contribution in [3.63, 3.8) is 0 Å². The molecule has 0 amide bonds. The zero-order valence-corrected chi connectivity index (χ0v) is 18.9. The molecule has 7 heteroatoms. The Morgan fingerprint density at radius 1 is 1.30 bits per heavy atom. The summed E-state index contributed by atoms with van der Waals surface area (Å²) in [6.45, 7) is 7.85. The topological polar surface area (TPSA) is 63.2 Å². The highest BCUT2D eigenvalue weighted by Crippen LogP contribution is 2.19. The summed E-state index contributed by atoms with van der Waals surface area (Å²) in [6.07, 6.45) is 1.85. The Kier molecular flexibility index (Phi) is 11.3. The molecule has 0 aromatic heterocycles. The van der Waals surface area contributed by atoms with Crippen molar-refractivity contribution in [2.24, 2.45) is 10.9 Å². The molecule has 1 atom stereocenters. The van der Waals surface area contributed by atoms with E-state index < -0.39 is 0 Å². The summed E-state index contributed by atoms with van der Waals surface area (Å²) >= 11 is 0. The van der Waals surface area contributed by atoms with Crippen LogP contribution in [0.4, 0.5) is 0 Å². The van der Waals surface area contributed by atoms with Gasteiger partial charge in [-0.2, -0.15) is 0 Å². The molecule has 0 saturated carbocycles. The molecule has 1 fully saturated rings. The monoisotopic (exact) mass is 489 g/mol. The second-order valence-corrected chi connectivity index (χ2v) is 6.41. The number of benzene rings is 1. The van der Waals surface area contributed by atoms with Crippen LogP contribution in [0.5, 0.6) is 0 Å². The van der Waals surface area contributed by atoms with Crippen LogP contribution in [-0.4, -0.2) is 50.2 Å². The standard InChI is InChI=1S/C20H31N3O3.HI/c1-4-21-20(22-13-16-9-6-7-10-18(16)15-25-3)23-12-8-11-17(14-23)19(24)26-5-2;/h6-7,9-10,17H,4-5,8,11-15H2,1-3H3,(H,21,22);1H. The molecule has 27 heavy (non-hydrogen) atoms. The second-order valence-electron chi connectivity index (χ2n) is 6.41. The van der Waals surface area contributed by atoms with Gasteiger partial charge in [0.15, 0.2) is 5.96 Å². The number of nitrogens with one attached hydrogen (secondary N) is 1. The molecule has 1 heterocycles. The first kappa shape index (κ1) is 23.7. The van der Waals surface area contributed by atoms with Gasteiger partial charge in [-0.05, 0) is 37.8 Å². The number of carbonyl (C=O) groups is 1. The van der Waals surface area contributed by atoms with E-state index in [0.717, 1.165) is 43.0 Å². The predicted octanol–water partition coefficient (Wildman–Crippen LogP) is 3.19. The third-order valence-electron chi connectivity index (χ3n) is 4.49. The number of ether oxygens (including phenoxy) is 2. The zero-order valence-electron chi connectivity index (χ0n) is 16.6. The molecule has 1 aliphatic heterocycles. The van der Waals surface area contributed by atoms with Gasteiger partial charge in [0, 0.05) is 26.7 Å². The predicted molar refractivity (Wildman–Crippen MR) is 118 cm³/mol. The summed E-state index contributed by atoms with van der Waals surface area (Å²) < 4.78 is 10.5.